The second kappa shape index (κ2) is 6.18. The van der Waals surface area contributed by atoms with Crippen molar-refractivity contribution in [2.75, 3.05) is 0 Å². The number of aromatic nitrogens is 1. The van der Waals surface area contributed by atoms with Crippen LogP contribution < -0.4 is 0 Å². The summed E-state index contributed by atoms with van der Waals surface area (Å²) in [4.78, 5) is 20.6. The van der Waals surface area contributed by atoms with Crippen LogP contribution in [0.3, 0.4) is 0 Å². The summed E-state index contributed by atoms with van der Waals surface area (Å²) in [5.41, 5.74) is 2.24. The molecule has 2 aromatic heterocycles. The monoisotopic (exact) mass is 352 g/mol. The smallest absolute Gasteiger partial charge is 0.363 e. The molecule has 0 atom stereocenters. The minimum absolute atomic E-state index is 0.143. The van der Waals surface area contributed by atoms with Crippen LogP contribution in [-0.2, 0) is 16.0 Å². The Morgan fingerprint density at radius 1 is 1.24 bits per heavy atom. The fraction of sp³-hybridized carbons (Fsp3) is 0.105. The second-order valence-corrected chi connectivity index (χ2v) is 5.92. The van der Waals surface area contributed by atoms with Crippen molar-refractivity contribution in [3.05, 3.63) is 70.3 Å². The lowest BCUT2D eigenvalue weighted by molar-refractivity contribution is -0.129. The van der Waals surface area contributed by atoms with Crippen LogP contribution in [-0.4, -0.2) is 16.9 Å². The Labute approximate surface area is 148 Å². The predicted octanol–water partition coefficient (Wildman–Crippen LogP) is 4.39. The molecular weight excluding hydrogens is 340 g/mol. The Kier molecular flexibility index (Phi) is 3.86. The van der Waals surface area contributed by atoms with Crippen molar-refractivity contribution >= 4 is 40.5 Å². The van der Waals surface area contributed by atoms with Crippen LogP contribution in [0.4, 0.5) is 0 Å². The maximum atomic E-state index is 12.2. The molecular formula is C19H13ClN2O3. The minimum Gasteiger partial charge on any atom is -0.460 e. The minimum atomic E-state index is -0.524. The van der Waals surface area contributed by atoms with Crippen LogP contribution in [0, 0.1) is 0 Å². The lowest BCUT2D eigenvalue weighted by atomic mass is 10.1. The van der Waals surface area contributed by atoms with E-state index in [1.807, 2.05) is 31.2 Å². The van der Waals surface area contributed by atoms with Crippen LogP contribution in [0.2, 0.25) is 5.02 Å². The summed E-state index contributed by atoms with van der Waals surface area (Å²) in [6, 6.07) is 10.9. The Balaban J connectivity index is 1.80. The van der Waals surface area contributed by atoms with Crippen molar-refractivity contribution in [1.82, 2.24) is 4.98 Å². The third-order valence-corrected chi connectivity index (χ3v) is 4.11. The first-order valence-electron chi connectivity index (χ1n) is 7.80. The highest BCUT2D eigenvalue weighted by atomic mass is 35.5. The maximum Gasteiger partial charge on any atom is 0.363 e. The van der Waals surface area contributed by atoms with Crippen molar-refractivity contribution in [1.29, 1.82) is 0 Å². The molecule has 0 bridgehead atoms. The fourth-order valence-electron chi connectivity index (χ4n) is 2.71. The molecule has 5 nitrogen and oxygen atoms in total. The zero-order valence-corrected chi connectivity index (χ0v) is 14.1. The van der Waals surface area contributed by atoms with Gasteiger partial charge >= 0.3 is 5.97 Å². The van der Waals surface area contributed by atoms with E-state index in [1.165, 1.54) is 6.20 Å². The lowest BCUT2D eigenvalue weighted by Gasteiger charge is -1.97. The third kappa shape index (κ3) is 2.83. The molecule has 1 aliphatic rings. The number of benzene rings is 1. The van der Waals surface area contributed by atoms with Crippen molar-refractivity contribution < 1.29 is 13.9 Å². The highest BCUT2D eigenvalue weighted by molar-refractivity contribution is 6.31. The van der Waals surface area contributed by atoms with Gasteiger partial charge in [-0.1, -0.05) is 36.7 Å². The average Bonchev–Trinajstić information content (AvgIpc) is 3.16. The molecule has 0 spiro atoms. The van der Waals surface area contributed by atoms with E-state index in [-0.39, 0.29) is 11.6 Å². The third-order valence-electron chi connectivity index (χ3n) is 3.87. The number of ether oxygens (including phenoxy) is 1. The molecule has 1 aliphatic heterocycles. The Bertz CT molecular complexity index is 1050. The summed E-state index contributed by atoms with van der Waals surface area (Å²) in [6.45, 7) is 2.00. The predicted molar refractivity (Wildman–Crippen MR) is 95.4 cm³/mol. The molecule has 0 unspecified atom stereocenters. The van der Waals surface area contributed by atoms with Gasteiger partial charge in [-0.3, -0.25) is 4.98 Å². The Morgan fingerprint density at radius 3 is 2.88 bits per heavy atom. The standard InChI is InChI=1S/C19H13ClN2O3/c1-2-16-13(12-5-3-4-6-17(12)24-16)10-15-19(23)25-18(22-15)14-9-11(20)7-8-21-14/h3-10H,2H2,1H3/b15-10-. The number of carbonyl (C=O) groups is 1. The second-order valence-electron chi connectivity index (χ2n) is 5.48. The number of pyridine rings is 1. The SMILES string of the molecule is CCc1oc2ccccc2c1/C=C1\N=C(c2cc(Cl)ccn2)OC1=O. The molecule has 1 aromatic carbocycles. The van der Waals surface area contributed by atoms with Crippen LogP contribution in [0.1, 0.15) is 23.9 Å². The van der Waals surface area contributed by atoms with Gasteiger partial charge in [0.1, 0.15) is 17.0 Å². The highest BCUT2D eigenvalue weighted by Gasteiger charge is 2.26. The first kappa shape index (κ1) is 15.6. The number of esters is 1. The van der Waals surface area contributed by atoms with Gasteiger partial charge in [0.05, 0.1) is 0 Å². The van der Waals surface area contributed by atoms with Crippen molar-refractivity contribution in [2.24, 2.45) is 4.99 Å². The van der Waals surface area contributed by atoms with E-state index in [4.69, 9.17) is 20.8 Å². The summed E-state index contributed by atoms with van der Waals surface area (Å²) in [5.74, 6) is 0.416. The van der Waals surface area contributed by atoms with Gasteiger partial charge in [0, 0.05) is 28.6 Å². The Hall–Kier alpha value is -2.92. The van der Waals surface area contributed by atoms with Crippen LogP contribution in [0.15, 0.2) is 57.7 Å². The summed E-state index contributed by atoms with van der Waals surface area (Å²) in [7, 11) is 0. The molecule has 0 N–H and O–H groups in total. The zero-order valence-electron chi connectivity index (χ0n) is 13.3. The molecule has 0 amide bonds. The van der Waals surface area contributed by atoms with E-state index in [0.29, 0.717) is 17.1 Å². The first-order chi connectivity index (χ1) is 12.2. The number of nitrogens with zero attached hydrogens (tertiary/aromatic N) is 2. The van der Waals surface area contributed by atoms with Crippen molar-refractivity contribution in [2.45, 2.75) is 13.3 Å². The zero-order chi connectivity index (χ0) is 17.4. The number of fused-ring (bicyclic) bond motifs is 1. The van der Waals surface area contributed by atoms with Crippen molar-refractivity contribution in [3.8, 4) is 0 Å². The molecule has 0 aliphatic carbocycles. The summed E-state index contributed by atoms with van der Waals surface area (Å²) in [5, 5.41) is 1.43. The molecule has 0 saturated heterocycles. The van der Waals surface area contributed by atoms with Gasteiger partial charge in [0.2, 0.25) is 5.90 Å². The summed E-state index contributed by atoms with van der Waals surface area (Å²) in [6.07, 6.45) is 3.94. The summed E-state index contributed by atoms with van der Waals surface area (Å²) >= 11 is 5.95. The number of carbonyl (C=O) groups excluding carboxylic acids is 1. The average molecular weight is 353 g/mol. The molecule has 6 heteroatoms. The van der Waals surface area contributed by atoms with Crippen LogP contribution in [0.5, 0.6) is 0 Å². The normalized spacial score (nSPS) is 15.7. The number of para-hydroxylation sites is 1. The van der Waals surface area contributed by atoms with E-state index >= 15 is 0 Å². The molecule has 0 fully saturated rings. The van der Waals surface area contributed by atoms with Crippen LogP contribution >= 0.6 is 11.6 Å². The lowest BCUT2D eigenvalue weighted by Crippen LogP contribution is -2.07. The molecule has 124 valence electrons. The molecule has 3 aromatic rings. The fourth-order valence-corrected chi connectivity index (χ4v) is 2.87. The van der Waals surface area contributed by atoms with E-state index in [1.54, 1.807) is 18.2 Å². The van der Waals surface area contributed by atoms with E-state index < -0.39 is 5.97 Å². The molecule has 25 heavy (non-hydrogen) atoms. The molecule has 0 radical (unpaired) electrons. The number of rotatable bonds is 3. The molecule has 4 rings (SSSR count). The first-order valence-corrected chi connectivity index (χ1v) is 8.18. The number of aryl methyl sites for hydroxylation is 1. The number of halogens is 1. The van der Waals surface area contributed by atoms with E-state index in [9.17, 15) is 4.79 Å². The van der Waals surface area contributed by atoms with Crippen LogP contribution in [0.25, 0.3) is 17.0 Å². The number of cyclic esters (lactones) is 1. The van der Waals surface area contributed by atoms with Gasteiger partial charge in [-0.2, -0.15) is 0 Å². The molecule has 0 saturated carbocycles. The van der Waals surface area contributed by atoms with Gasteiger partial charge in [0.25, 0.3) is 0 Å². The maximum absolute atomic E-state index is 12.2. The number of hydrogen-bond acceptors (Lipinski definition) is 5. The number of furan rings is 1. The molecule has 3 heterocycles. The number of aliphatic imine (C=N–C) groups is 1. The van der Waals surface area contributed by atoms with Gasteiger partial charge < -0.3 is 9.15 Å². The van der Waals surface area contributed by atoms with E-state index in [0.717, 1.165) is 22.3 Å². The van der Waals surface area contributed by atoms with Gasteiger partial charge in [0.15, 0.2) is 5.70 Å². The largest absolute Gasteiger partial charge is 0.460 e. The quantitative estimate of drug-likeness (QED) is 0.518. The topological polar surface area (TPSA) is 64.7 Å². The van der Waals surface area contributed by atoms with Gasteiger partial charge in [-0.25, -0.2) is 9.79 Å². The van der Waals surface area contributed by atoms with E-state index in [2.05, 4.69) is 9.98 Å². The summed E-state index contributed by atoms with van der Waals surface area (Å²) < 4.78 is 11.1. The number of hydrogen-bond donors (Lipinski definition) is 0. The Morgan fingerprint density at radius 2 is 2.08 bits per heavy atom. The van der Waals surface area contributed by atoms with Gasteiger partial charge in [-0.05, 0) is 24.3 Å². The van der Waals surface area contributed by atoms with Gasteiger partial charge in [-0.15, -0.1) is 0 Å². The van der Waals surface area contributed by atoms with Crippen molar-refractivity contribution in [3.63, 3.8) is 0 Å². The highest BCUT2D eigenvalue weighted by Crippen LogP contribution is 2.30.